The zero-order valence-corrected chi connectivity index (χ0v) is 12.8. The highest BCUT2D eigenvalue weighted by molar-refractivity contribution is 5.95. The molecule has 1 unspecified atom stereocenters. The second-order valence-electron chi connectivity index (χ2n) is 5.09. The number of hydrogen-bond acceptors (Lipinski definition) is 7. The summed E-state index contributed by atoms with van der Waals surface area (Å²) in [6.45, 7) is 0.508. The van der Waals surface area contributed by atoms with E-state index in [1.54, 1.807) is 18.2 Å². The molecule has 1 aliphatic rings. The van der Waals surface area contributed by atoms with Crippen molar-refractivity contribution < 1.29 is 24.2 Å². The normalized spacial score (nSPS) is 17.5. The molecule has 0 saturated carbocycles. The standard InChI is InChI=1S/C14H15N5O5/c1-23-11-3-2-9(6-10(11)19-8-15-16-17-19)13(20)18-4-5-24-12(7-18)14(21)22/h2-3,6,8,12H,4-5,7H2,1H3,(H,21,22). The molecule has 1 saturated heterocycles. The Morgan fingerprint density at radius 3 is 2.92 bits per heavy atom. The molecule has 0 aliphatic carbocycles. The van der Waals surface area contributed by atoms with Crippen LogP contribution in [0.1, 0.15) is 10.4 Å². The number of hydrogen-bond donors (Lipinski definition) is 1. The maximum absolute atomic E-state index is 12.7. The molecule has 0 radical (unpaired) electrons. The molecule has 0 bridgehead atoms. The van der Waals surface area contributed by atoms with Gasteiger partial charge >= 0.3 is 5.97 Å². The van der Waals surface area contributed by atoms with Crippen molar-refractivity contribution in [1.82, 2.24) is 25.1 Å². The van der Waals surface area contributed by atoms with Gasteiger partial charge < -0.3 is 19.5 Å². The van der Waals surface area contributed by atoms with Crippen molar-refractivity contribution in [3.05, 3.63) is 30.1 Å². The Morgan fingerprint density at radius 1 is 1.42 bits per heavy atom. The van der Waals surface area contributed by atoms with Crippen LogP contribution in [-0.2, 0) is 9.53 Å². The van der Waals surface area contributed by atoms with Crippen molar-refractivity contribution in [3.63, 3.8) is 0 Å². The van der Waals surface area contributed by atoms with Crippen LogP contribution in [-0.4, -0.2) is 75.0 Å². The third-order valence-electron chi connectivity index (χ3n) is 3.65. The lowest BCUT2D eigenvalue weighted by molar-refractivity contribution is -0.154. The third-order valence-corrected chi connectivity index (χ3v) is 3.65. The monoisotopic (exact) mass is 333 g/mol. The van der Waals surface area contributed by atoms with Gasteiger partial charge in [0.2, 0.25) is 0 Å². The van der Waals surface area contributed by atoms with E-state index in [-0.39, 0.29) is 19.1 Å². The fraction of sp³-hybridized carbons (Fsp3) is 0.357. The molecule has 1 aromatic heterocycles. The number of morpholine rings is 1. The van der Waals surface area contributed by atoms with Crippen LogP contribution < -0.4 is 4.74 Å². The first-order valence-electron chi connectivity index (χ1n) is 7.15. The predicted molar refractivity (Wildman–Crippen MR) is 79.0 cm³/mol. The molecule has 1 aromatic carbocycles. The van der Waals surface area contributed by atoms with E-state index < -0.39 is 12.1 Å². The lowest BCUT2D eigenvalue weighted by atomic mass is 10.1. The lowest BCUT2D eigenvalue weighted by Crippen LogP contribution is -2.48. The largest absolute Gasteiger partial charge is 0.494 e. The minimum absolute atomic E-state index is 0.000407. The second kappa shape index (κ2) is 6.62. The number of methoxy groups -OCH3 is 1. The van der Waals surface area contributed by atoms with Crippen molar-refractivity contribution in [1.29, 1.82) is 0 Å². The van der Waals surface area contributed by atoms with Crippen molar-refractivity contribution >= 4 is 11.9 Å². The number of benzene rings is 1. The summed E-state index contributed by atoms with van der Waals surface area (Å²) in [5.74, 6) is -0.873. The summed E-state index contributed by atoms with van der Waals surface area (Å²) in [4.78, 5) is 25.2. The van der Waals surface area contributed by atoms with Crippen LogP contribution in [0.4, 0.5) is 0 Å². The molecule has 1 aliphatic heterocycles. The number of ether oxygens (including phenoxy) is 2. The molecule has 10 nitrogen and oxygen atoms in total. The maximum Gasteiger partial charge on any atom is 0.334 e. The van der Waals surface area contributed by atoms with Crippen LogP contribution in [0.3, 0.4) is 0 Å². The quantitative estimate of drug-likeness (QED) is 0.802. The molecule has 3 rings (SSSR count). The summed E-state index contributed by atoms with van der Waals surface area (Å²) in [5, 5.41) is 20.0. The Balaban J connectivity index is 1.88. The number of amides is 1. The van der Waals surface area contributed by atoms with Gasteiger partial charge in [0.05, 0.1) is 20.3 Å². The Bertz CT molecular complexity index is 748. The van der Waals surface area contributed by atoms with Crippen molar-refractivity contribution in [2.24, 2.45) is 0 Å². The summed E-state index contributed by atoms with van der Waals surface area (Å²) in [6, 6.07) is 4.85. The zero-order valence-electron chi connectivity index (χ0n) is 12.8. The number of aliphatic carboxylic acids is 1. The van der Waals surface area contributed by atoms with E-state index in [0.717, 1.165) is 0 Å². The number of carbonyl (C=O) groups excluding carboxylic acids is 1. The number of carboxylic acids is 1. The van der Waals surface area contributed by atoms with E-state index in [9.17, 15) is 9.59 Å². The number of tetrazole rings is 1. The average Bonchev–Trinajstić information content (AvgIpc) is 3.15. The highest BCUT2D eigenvalue weighted by Gasteiger charge is 2.29. The molecule has 1 amide bonds. The van der Waals surface area contributed by atoms with Gasteiger partial charge in [-0.1, -0.05) is 0 Å². The van der Waals surface area contributed by atoms with E-state index in [4.69, 9.17) is 14.6 Å². The van der Waals surface area contributed by atoms with Crippen LogP contribution in [0.15, 0.2) is 24.5 Å². The smallest absolute Gasteiger partial charge is 0.334 e. The van der Waals surface area contributed by atoms with Crippen LogP contribution in [0.5, 0.6) is 5.75 Å². The van der Waals surface area contributed by atoms with Crippen LogP contribution in [0, 0.1) is 0 Å². The Labute approximate surface area is 136 Å². The third kappa shape index (κ3) is 3.04. The van der Waals surface area contributed by atoms with Crippen LogP contribution >= 0.6 is 0 Å². The fourth-order valence-electron chi connectivity index (χ4n) is 2.44. The molecule has 2 aromatic rings. The molecule has 1 N–H and O–H groups in total. The first-order valence-corrected chi connectivity index (χ1v) is 7.15. The number of carbonyl (C=O) groups is 2. The number of nitrogens with zero attached hydrogens (tertiary/aromatic N) is 5. The summed E-state index contributed by atoms with van der Waals surface area (Å²) >= 11 is 0. The molecule has 0 spiro atoms. The highest BCUT2D eigenvalue weighted by atomic mass is 16.5. The topological polar surface area (TPSA) is 120 Å². The Morgan fingerprint density at radius 2 is 2.25 bits per heavy atom. The van der Waals surface area contributed by atoms with Crippen molar-refractivity contribution in [2.45, 2.75) is 6.10 Å². The molecule has 24 heavy (non-hydrogen) atoms. The van der Waals surface area contributed by atoms with Gasteiger partial charge in [-0.15, -0.1) is 5.10 Å². The first kappa shape index (κ1) is 15.9. The number of carboxylic acid groups (broad SMARTS) is 1. The lowest BCUT2D eigenvalue weighted by Gasteiger charge is -2.31. The van der Waals surface area contributed by atoms with E-state index >= 15 is 0 Å². The molecule has 1 atom stereocenters. The van der Waals surface area contributed by atoms with Gasteiger partial charge in [-0.2, -0.15) is 4.68 Å². The van der Waals surface area contributed by atoms with Crippen molar-refractivity contribution in [2.75, 3.05) is 26.8 Å². The molecule has 10 heteroatoms. The van der Waals surface area contributed by atoms with Gasteiger partial charge in [0.25, 0.3) is 5.91 Å². The minimum atomic E-state index is -1.09. The molecular weight excluding hydrogens is 318 g/mol. The number of rotatable bonds is 4. The van der Waals surface area contributed by atoms with E-state index in [1.807, 2.05) is 0 Å². The first-order chi connectivity index (χ1) is 11.6. The Hall–Kier alpha value is -3.01. The van der Waals surface area contributed by atoms with Crippen LogP contribution in [0.2, 0.25) is 0 Å². The summed E-state index contributed by atoms with van der Waals surface area (Å²) < 4.78 is 11.8. The van der Waals surface area contributed by atoms with Crippen LogP contribution in [0.25, 0.3) is 5.69 Å². The molecular formula is C14H15N5O5. The summed E-state index contributed by atoms with van der Waals surface area (Å²) in [7, 11) is 1.50. The van der Waals surface area contributed by atoms with E-state index in [1.165, 1.54) is 23.0 Å². The predicted octanol–water partition coefficient (Wildman–Crippen LogP) is -0.403. The molecule has 2 heterocycles. The molecule has 1 fully saturated rings. The zero-order chi connectivity index (χ0) is 17.1. The maximum atomic E-state index is 12.7. The Kier molecular flexibility index (Phi) is 4.38. The highest BCUT2D eigenvalue weighted by Crippen LogP contribution is 2.24. The number of aromatic nitrogens is 4. The van der Waals surface area contributed by atoms with Gasteiger partial charge in [-0.05, 0) is 28.6 Å². The summed E-state index contributed by atoms with van der Waals surface area (Å²) in [5.41, 5.74) is 0.892. The van der Waals surface area contributed by atoms with Gasteiger partial charge in [-0.25, -0.2) is 4.79 Å². The molecule has 126 valence electrons. The second-order valence-corrected chi connectivity index (χ2v) is 5.09. The van der Waals surface area contributed by atoms with Gasteiger partial charge in [-0.3, -0.25) is 4.79 Å². The minimum Gasteiger partial charge on any atom is -0.494 e. The van der Waals surface area contributed by atoms with E-state index in [2.05, 4.69) is 15.5 Å². The average molecular weight is 333 g/mol. The SMILES string of the molecule is COc1ccc(C(=O)N2CCOC(C(=O)O)C2)cc1-n1cnnn1. The van der Waals surface area contributed by atoms with Crippen molar-refractivity contribution in [3.8, 4) is 11.4 Å². The summed E-state index contributed by atoms with van der Waals surface area (Å²) in [6.07, 6.45) is 0.376. The van der Waals surface area contributed by atoms with Gasteiger partial charge in [0, 0.05) is 12.1 Å². The van der Waals surface area contributed by atoms with Gasteiger partial charge in [0.15, 0.2) is 6.10 Å². The fourth-order valence-corrected chi connectivity index (χ4v) is 2.44. The van der Waals surface area contributed by atoms with E-state index in [0.29, 0.717) is 23.5 Å². The van der Waals surface area contributed by atoms with Gasteiger partial charge in [0.1, 0.15) is 17.8 Å².